The minimum absolute atomic E-state index is 0.00424. The molecule has 2 aliphatic heterocycles. The van der Waals surface area contributed by atoms with Gasteiger partial charge in [-0.15, -0.1) is 0 Å². The van der Waals surface area contributed by atoms with Gasteiger partial charge in [0.05, 0.1) is 13.2 Å². The predicted molar refractivity (Wildman–Crippen MR) is 449 cm³/mol. The van der Waals surface area contributed by atoms with Gasteiger partial charge >= 0.3 is 31.7 Å². The first-order chi connectivity index (χ1) is 56.2. The molecule has 116 heavy (non-hydrogen) atoms. The average molecular weight is 1680 g/mol. The maximum atomic E-state index is 14.9. The SMILES string of the molecule is CCCCCCCC/C=C\CCCCCC(=O)OCC1OC(OC2C(OC(=O)CCCCCCCCCCCCCCCCC)C(O)C(O)C(OC3OC(CO)C(O)C(O)C3O)C2OP(=O)(O)OCC(COC(=O)CCCCCCCCCCCCCCC)OC(=O)CCCCCCCCCCCCCCCCCC)C(O)C(O)C1O. The Balaban J connectivity index is 1.92. The lowest BCUT2D eigenvalue weighted by Gasteiger charge is -2.50. The molecule has 0 radical (unpaired) electrons. The van der Waals surface area contributed by atoms with Crippen molar-refractivity contribution < 1.29 is 122 Å². The Bertz CT molecular complexity index is 2460. The van der Waals surface area contributed by atoms with Gasteiger partial charge in [0.1, 0.15) is 92.6 Å². The summed E-state index contributed by atoms with van der Waals surface area (Å²) in [6.07, 6.45) is 27.8. The molecule has 2 saturated heterocycles. The Morgan fingerprint density at radius 3 is 1.03 bits per heavy atom. The molecule has 1 aliphatic carbocycles. The van der Waals surface area contributed by atoms with Crippen LogP contribution in [0.15, 0.2) is 12.2 Å². The summed E-state index contributed by atoms with van der Waals surface area (Å²) in [6.45, 7) is 5.60. The van der Waals surface area contributed by atoms with Crippen LogP contribution in [0.5, 0.6) is 0 Å². The number of allylic oxidation sites excluding steroid dienone is 2. The highest BCUT2D eigenvalue weighted by Gasteiger charge is 2.60. The number of hydrogen-bond acceptors (Lipinski definition) is 24. The van der Waals surface area contributed by atoms with Crippen molar-refractivity contribution in [3.63, 3.8) is 0 Å². The van der Waals surface area contributed by atoms with Gasteiger partial charge in [-0.05, 0) is 51.4 Å². The van der Waals surface area contributed by atoms with Gasteiger partial charge in [0.15, 0.2) is 24.8 Å². The van der Waals surface area contributed by atoms with Crippen LogP contribution >= 0.6 is 7.82 Å². The van der Waals surface area contributed by atoms with E-state index >= 15 is 0 Å². The molecule has 3 fully saturated rings. The highest BCUT2D eigenvalue weighted by molar-refractivity contribution is 7.47. The molecule has 3 rings (SSSR count). The molecule has 0 spiro atoms. The quantitative estimate of drug-likeness (QED) is 0.00889. The van der Waals surface area contributed by atoms with E-state index in [1.165, 1.54) is 193 Å². The number of aliphatic hydroxyl groups excluding tert-OH is 9. The third kappa shape index (κ3) is 49.5. The van der Waals surface area contributed by atoms with E-state index < -0.39 is 162 Å². The number of unbranched alkanes of at least 4 members (excludes halogenated alkanes) is 50. The van der Waals surface area contributed by atoms with E-state index in [1.54, 1.807) is 0 Å². The molecule has 0 aromatic carbocycles. The number of phosphoric acid groups is 1. The molecule has 0 aromatic rings. The van der Waals surface area contributed by atoms with Gasteiger partial charge in [-0.2, -0.15) is 0 Å². The van der Waals surface area contributed by atoms with Gasteiger partial charge < -0.3 is 88.7 Å². The fraction of sp³-hybridized carbons (Fsp3) is 0.933. The Hall–Kier alpha value is -2.79. The lowest BCUT2D eigenvalue weighted by Crippen LogP contribution is -2.70. The second-order valence-corrected chi connectivity index (χ2v) is 34.9. The Morgan fingerprint density at radius 1 is 0.336 bits per heavy atom. The maximum absolute atomic E-state index is 14.9. The normalized spacial score (nSPS) is 25.2. The molecule has 18 unspecified atom stereocenters. The van der Waals surface area contributed by atoms with Crippen molar-refractivity contribution in [3.8, 4) is 0 Å². The van der Waals surface area contributed by atoms with Gasteiger partial charge in [0.2, 0.25) is 0 Å². The van der Waals surface area contributed by atoms with E-state index in [0.717, 1.165) is 122 Å². The van der Waals surface area contributed by atoms with Crippen LogP contribution in [0.25, 0.3) is 0 Å². The van der Waals surface area contributed by atoms with Crippen LogP contribution in [0, 0.1) is 0 Å². The molecule has 1 saturated carbocycles. The van der Waals surface area contributed by atoms with Crippen LogP contribution in [0.4, 0.5) is 0 Å². The van der Waals surface area contributed by atoms with Crippen molar-refractivity contribution in [1.29, 1.82) is 0 Å². The van der Waals surface area contributed by atoms with Crippen LogP contribution in [-0.4, -0.2) is 205 Å². The van der Waals surface area contributed by atoms with Crippen LogP contribution < -0.4 is 0 Å². The monoisotopic (exact) mass is 1680 g/mol. The van der Waals surface area contributed by atoms with Crippen molar-refractivity contribution in [2.75, 3.05) is 26.4 Å². The molecule has 2 heterocycles. The first kappa shape index (κ1) is 107. The van der Waals surface area contributed by atoms with Crippen molar-refractivity contribution in [3.05, 3.63) is 12.2 Å². The molecule has 18 atom stereocenters. The summed E-state index contributed by atoms with van der Waals surface area (Å²) >= 11 is 0. The molecule has 25 nitrogen and oxygen atoms in total. The van der Waals surface area contributed by atoms with Crippen LogP contribution in [-0.2, 0) is 70.7 Å². The van der Waals surface area contributed by atoms with Gasteiger partial charge in [-0.1, -0.05) is 342 Å². The second-order valence-electron chi connectivity index (χ2n) is 33.5. The highest BCUT2D eigenvalue weighted by Crippen LogP contribution is 2.49. The van der Waals surface area contributed by atoms with E-state index in [-0.39, 0.29) is 25.7 Å². The highest BCUT2D eigenvalue weighted by atomic mass is 31.2. The van der Waals surface area contributed by atoms with Crippen molar-refractivity contribution >= 4 is 31.7 Å². The molecular formula is C90H167O25P. The summed E-state index contributed by atoms with van der Waals surface area (Å²) in [5.74, 6) is -2.96. The van der Waals surface area contributed by atoms with E-state index in [2.05, 4.69) is 39.8 Å². The summed E-state index contributed by atoms with van der Waals surface area (Å²) in [6, 6.07) is 0. The number of aliphatic hydroxyl groups is 9. The van der Waals surface area contributed by atoms with Crippen LogP contribution in [0.1, 0.15) is 407 Å². The minimum atomic E-state index is -5.80. The largest absolute Gasteiger partial charge is 0.472 e. The molecule has 26 heteroatoms. The zero-order valence-electron chi connectivity index (χ0n) is 72.6. The molecule has 0 amide bonds. The van der Waals surface area contributed by atoms with Crippen LogP contribution in [0.2, 0.25) is 0 Å². The Kier molecular flexibility index (Phi) is 64.4. The van der Waals surface area contributed by atoms with Crippen molar-refractivity contribution in [2.24, 2.45) is 0 Å². The van der Waals surface area contributed by atoms with E-state index in [0.29, 0.717) is 38.5 Å². The summed E-state index contributed by atoms with van der Waals surface area (Å²) in [5, 5.41) is 102. The number of hydrogen-bond donors (Lipinski definition) is 10. The van der Waals surface area contributed by atoms with E-state index in [4.69, 9.17) is 46.9 Å². The zero-order chi connectivity index (χ0) is 84.7. The summed E-state index contributed by atoms with van der Waals surface area (Å²) in [5.41, 5.74) is 0. The molecule has 3 aliphatic rings. The van der Waals surface area contributed by atoms with Gasteiger partial charge in [-0.3, -0.25) is 28.2 Å². The first-order valence-corrected chi connectivity index (χ1v) is 48.4. The Labute approximate surface area is 699 Å². The number of ether oxygens (including phenoxy) is 8. The summed E-state index contributed by atoms with van der Waals surface area (Å²) in [7, 11) is -5.80. The second kappa shape index (κ2) is 69.6. The summed E-state index contributed by atoms with van der Waals surface area (Å²) < 4.78 is 73.4. The number of carbonyl (C=O) groups excluding carboxylic acids is 4. The minimum Gasteiger partial charge on any atom is -0.463 e. The van der Waals surface area contributed by atoms with Gasteiger partial charge in [0.25, 0.3) is 0 Å². The Morgan fingerprint density at radius 2 is 0.647 bits per heavy atom. The number of esters is 4. The topological polar surface area (TPSA) is 380 Å². The zero-order valence-corrected chi connectivity index (χ0v) is 73.5. The van der Waals surface area contributed by atoms with Gasteiger partial charge in [-0.25, -0.2) is 4.57 Å². The third-order valence-corrected chi connectivity index (χ3v) is 24.0. The van der Waals surface area contributed by atoms with Crippen molar-refractivity contribution in [2.45, 2.75) is 511 Å². The first-order valence-electron chi connectivity index (χ1n) is 46.9. The lowest BCUT2D eigenvalue weighted by molar-refractivity contribution is -0.360. The summed E-state index contributed by atoms with van der Waals surface area (Å²) in [4.78, 5) is 66.4. The standard InChI is InChI=1S/C90H167O25P/c1-5-9-13-17-21-25-29-33-35-37-41-44-48-52-56-60-64-75(94)109-70(67-106-73(92)62-58-54-50-46-42-38-31-27-23-19-15-11-7-3)68-108-116(104,105)115-88-86(113-89-83(102)79(98)77(96)71(66-91)110-89)82(101)81(100)85(112-76(95)65-61-57-53-49-45-40-36-34-30-26-22-18-14-10-6-2)87(88)114-90-84(103)80(99)78(97)72(111-90)69-107-74(93)63-59-55-51-47-43-39-32-28-24-20-16-12-8-4/h39,43,70-72,77-91,96-103H,5-38,40-42,44-69H2,1-4H3,(H,104,105)/b43-39-. The van der Waals surface area contributed by atoms with Crippen LogP contribution in [0.3, 0.4) is 0 Å². The maximum Gasteiger partial charge on any atom is 0.472 e. The lowest BCUT2D eigenvalue weighted by atomic mass is 9.84. The van der Waals surface area contributed by atoms with E-state index in [1.807, 2.05) is 0 Å². The third-order valence-electron chi connectivity index (χ3n) is 23.0. The van der Waals surface area contributed by atoms with Gasteiger partial charge in [0, 0.05) is 25.7 Å². The smallest absolute Gasteiger partial charge is 0.463 e. The number of rotatable bonds is 76. The molecule has 10 N–H and O–H groups in total. The molecule has 0 bridgehead atoms. The molecule has 682 valence electrons. The average Bonchev–Trinajstić information content (AvgIpc) is 0.754. The van der Waals surface area contributed by atoms with E-state index in [9.17, 15) is 74.6 Å². The number of phosphoric ester groups is 1. The fourth-order valence-electron chi connectivity index (χ4n) is 15.5. The number of carbonyl (C=O) groups is 4. The molecular weight excluding hydrogens is 1510 g/mol. The van der Waals surface area contributed by atoms with Crippen molar-refractivity contribution in [1.82, 2.24) is 0 Å². The molecule has 0 aromatic heterocycles. The predicted octanol–water partition coefficient (Wildman–Crippen LogP) is 17.2. The fourth-order valence-corrected chi connectivity index (χ4v) is 16.5.